The highest BCUT2D eigenvalue weighted by molar-refractivity contribution is 5.97. The number of phenols is 1. The van der Waals surface area contributed by atoms with Gasteiger partial charge in [0.1, 0.15) is 5.75 Å². The van der Waals surface area contributed by atoms with Crippen LogP contribution < -0.4 is 0 Å². The lowest BCUT2D eigenvalue weighted by Gasteiger charge is -2.53. The first-order chi connectivity index (χ1) is 9.75. The van der Waals surface area contributed by atoms with E-state index in [9.17, 15) is 15.0 Å². The predicted molar refractivity (Wildman–Crippen MR) is 81.7 cm³/mol. The Morgan fingerprint density at radius 1 is 1.29 bits per heavy atom. The zero-order valence-electron chi connectivity index (χ0n) is 13.1. The summed E-state index contributed by atoms with van der Waals surface area (Å²) in [6.07, 6.45) is 4.68. The first kappa shape index (κ1) is 14.6. The summed E-state index contributed by atoms with van der Waals surface area (Å²) in [7, 11) is 0. The molecule has 114 valence electrons. The molecular formula is C18H24O3. The standard InChI is InChI=1S/C18H24O3/c1-11(19)13-9-12-5-6-16-17(2,14(12)10-15(13)20)7-4-8-18(16,3)21/h9-10,16,20-21H,4-8H2,1-3H3/t16-,17+,18+/m0/s1. The Morgan fingerprint density at radius 2 is 2.00 bits per heavy atom. The molecule has 2 aliphatic carbocycles. The largest absolute Gasteiger partial charge is 0.507 e. The van der Waals surface area contributed by atoms with E-state index in [-0.39, 0.29) is 22.9 Å². The third-order valence-electron chi connectivity index (χ3n) is 5.82. The molecule has 21 heavy (non-hydrogen) atoms. The van der Waals surface area contributed by atoms with Gasteiger partial charge in [-0.3, -0.25) is 4.79 Å². The molecule has 0 saturated heterocycles. The molecule has 0 radical (unpaired) electrons. The van der Waals surface area contributed by atoms with Gasteiger partial charge in [0.15, 0.2) is 5.78 Å². The normalized spacial score (nSPS) is 35.0. The molecule has 3 rings (SSSR count). The van der Waals surface area contributed by atoms with Crippen LogP contribution in [0.5, 0.6) is 5.75 Å². The van der Waals surface area contributed by atoms with Crippen LogP contribution in [0, 0.1) is 5.92 Å². The van der Waals surface area contributed by atoms with Gasteiger partial charge in [0, 0.05) is 0 Å². The SMILES string of the molecule is CC(=O)c1cc2c(cc1O)[C@@]1(C)CCC[C@@](C)(O)[C@H]1CC2. The number of carbonyl (C=O) groups is 1. The topological polar surface area (TPSA) is 57.5 Å². The monoisotopic (exact) mass is 288 g/mol. The van der Waals surface area contributed by atoms with Crippen LogP contribution in [0.15, 0.2) is 12.1 Å². The lowest BCUT2D eigenvalue weighted by molar-refractivity contribution is -0.0749. The molecule has 1 fully saturated rings. The van der Waals surface area contributed by atoms with E-state index in [4.69, 9.17) is 0 Å². The van der Waals surface area contributed by atoms with E-state index in [0.29, 0.717) is 5.56 Å². The highest BCUT2D eigenvalue weighted by Gasteiger charge is 2.51. The molecule has 0 bridgehead atoms. The number of hydrogen-bond donors (Lipinski definition) is 2. The van der Waals surface area contributed by atoms with Crippen molar-refractivity contribution >= 4 is 5.78 Å². The van der Waals surface area contributed by atoms with Crippen molar-refractivity contribution in [2.45, 2.75) is 63.9 Å². The number of phenolic OH excluding ortho intramolecular Hbond substituents is 1. The van der Waals surface area contributed by atoms with Crippen molar-refractivity contribution in [2.24, 2.45) is 5.92 Å². The minimum atomic E-state index is -0.639. The molecule has 3 atom stereocenters. The Morgan fingerprint density at radius 3 is 2.67 bits per heavy atom. The Bertz CT molecular complexity index is 603. The second kappa shape index (κ2) is 4.57. The molecule has 3 heteroatoms. The maximum atomic E-state index is 11.6. The summed E-state index contributed by atoms with van der Waals surface area (Å²) in [5.41, 5.74) is 1.95. The number of aliphatic hydroxyl groups is 1. The second-order valence-electron chi connectivity index (χ2n) is 7.30. The molecule has 0 heterocycles. The van der Waals surface area contributed by atoms with Gasteiger partial charge in [-0.1, -0.05) is 6.92 Å². The lowest BCUT2D eigenvalue weighted by Crippen LogP contribution is -2.52. The highest BCUT2D eigenvalue weighted by Crippen LogP contribution is 2.54. The smallest absolute Gasteiger partial charge is 0.163 e. The Hall–Kier alpha value is -1.35. The minimum absolute atomic E-state index is 0.0772. The van der Waals surface area contributed by atoms with Gasteiger partial charge in [-0.05, 0) is 80.5 Å². The van der Waals surface area contributed by atoms with Gasteiger partial charge in [0.05, 0.1) is 11.2 Å². The molecule has 2 aliphatic rings. The summed E-state index contributed by atoms with van der Waals surface area (Å²) in [5, 5.41) is 20.9. The van der Waals surface area contributed by atoms with Crippen LogP contribution in [0.3, 0.4) is 0 Å². The van der Waals surface area contributed by atoms with Crippen molar-refractivity contribution in [3.05, 3.63) is 28.8 Å². The predicted octanol–water partition coefficient (Wildman–Crippen LogP) is 3.35. The zero-order chi connectivity index (χ0) is 15.4. The number of aryl methyl sites for hydroxylation is 1. The molecule has 0 aromatic heterocycles. The van der Waals surface area contributed by atoms with Gasteiger partial charge < -0.3 is 10.2 Å². The Labute approximate surface area is 126 Å². The molecule has 3 nitrogen and oxygen atoms in total. The van der Waals surface area contributed by atoms with Crippen LogP contribution in [0.1, 0.15) is 67.9 Å². The van der Waals surface area contributed by atoms with Crippen molar-refractivity contribution in [3.63, 3.8) is 0 Å². The number of fused-ring (bicyclic) bond motifs is 3. The minimum Gasteiger partial charge on any atom is -0.507 e. The van der Waals surface area contributed by atoms with Crippen molar-refractivity contribution in [2.75, 3.05) is 0 Å². The molecule has 0 aliphatic heterocycles. The molecule has 1 saturated carbocycles. The fourth-order valence-electron chi connectivity index (χ4n) is 4.75. The number of aromatic hydroxyl groups is 1. The zero-order valence-corrected chi connectivity index (χ0v) is 13.1. The summed E-state index contributed by atoms with van der Waals surface area (Å²) in [5.74, 6) is 0.195. The Kier molecular flexibility index (Phi) is 3.17. The fourth-order valence-corrected chi connectivity index (χ4v) is 4.75. The second-order valence-corrected chi connectivity index (χ2v) is 7.30. The first-order valence-corrected chi connectivity index (χ1v) is 7.85. The fraction of sp³-hybridized carbons (Fsp3) is 0.611. The van der Waals surface area contributed by atoms with Crippen molar-refractivity contribution in [1.82, 2.24) is 0 Å². The van der Waals surface area contributed by atoms with Gasteiger partial charge in [0.25, 0.3) is 0 Å². The van der Waals surface area contributed by atoms with Gasteiger partial charge in [-0.2, -0.15) is 0 Å². The van der Waals surface area contributed by atoms with Crippen molar-refractivity contribution in [1.29, 1.82) is 0 Å². The summed E-state index contributed by atoms with van der Waals surface area (Å²) in [4.78, 5) is 11.6. The van der Waals surface area contributed by atoms with E-state index in [1.54, 1.807) is 6.07 Å². The van der Waals surface area contributed by atoms with E-state index in [2.05, 4.69) is 6.92 Å². The van der Waals surface area contributed by atoms with Crippen LogP contribution >= 0.6 is 0 Å². The maximum absolute atomic E-state index is 11.6. The van der Waals surface area contributed by atoms with Crippen LogP contribution in [0.4, 0.5) is 0 Å². The summed E-state index contributed by atoms with van der Waals surface area (Å²) < 4.78 is 0. The van der Waals surface area contributed by atoms with Gasteiger partial charge in [-0.15, -0.1) is 0 Å². The maximum Gasteiger partial charge on any atom is 0.163 e. The number of Topliss-reactive ketones (excluding diaryl/α,β-unsaturated/α-hetero) is 1. The third-order valence-corrected chi connectivity index (χ3v) is 5.82. The molecule has 1 aromatic carbocycles. The molecule has 1 aromatic rings. The number of carbonyl (C=O) groups excluding carboxylic acids is 1. The average Bonchev–Trinajstić information content (AvgIpc) is 2.37. The van der Waals surface area contributed by atoms with Gasteiger partial charge >= 0.3 is 0 Å². The van der Waals surface area contributed by atoms with E-state index in [0.717, 1.165) is 43.2 Å². The van der Waals surface area contributed by atoms with E-state index >= 15 is 0 Å². The van der Waals surface area contributed by atoms with Crippen molar-refractivity contribution in [3.8, 4) is 5.75 Å². The molecule has 0 amide bonds. The quantitative estimate of drug-likeness (QED) is 0.779. The lowest BCUT2D eigenvalue weighted by atomic mass is 9.53. The van der Waals surface area contributed by atoms with Crippen LogP contribution in [-0.2, 0) is 11.8 Å². The molecular weight excluding hydrogens is 264 g/mol. The summed E-state index contributed by atoms with van der Waals surface area (Å²) in [6, 6.07) is 3.64. The highest BCUT2D eigenvalue weighted by atomic mass is 16.3. The number of rotatable bonds is 1. The molecule has 0 unspecified atom stereocenters. The van der Waals surface area contributed by atoms with Gasteiger partial charge in [-0.25, -0.2) is 0 Å². The van der Waals surface area contributed by atoms with E-state index < -0.39 is 5.60 Å². The average molecular weight is 288 g/mol. The van der Waals surface area contributed by atoms with Gasteiger partial charge in [0.2, 0.25) is 0 Å². The molecule has 0 spiro atoms. The summed E-state index contributed by atoms with van der Waals surface area (Å²) >= 11 is 0. The van der Waals surface area contributed by atoms with Crippen LogP contribution in [0.25, 0.3) is 0 Å². The van der Waals surface area contributed by atoms with E-state index in [1.807, 2.05) is 13.0 Å². The van der Waals surface area contributed by atoms with Crippen molar-refractivity contribution < 1.29 is 15.0 Å². The number of benzene rings is 1. The first-order valence-electron chi connectivity index (χ1n) is 7.85. The summed E-state index contributed by atoms with van der Waals surface area (Å²) in [6.45, 7) is 5.64. The Balaban J connectivity index is 2.14. The third kappa shape index (κ3) is 2.10. The number of hydrogen-bond acceptors (Lipinski definition) is 3. The van der Waals surface area contributed by atoms with E-state index in [1.165, 1.54) is 6.92 Å². The number of ketones is 1. The molecule has 2 N–H and O–H groups in total. The van der Waals surface area contributed by atoms with Crippen LogP contribution in [-0.4, -0.2) is 21.6 Å². The van der Waals surface area contributed by atoms with Crippen LogP contribution in [0.2, 0.25) is 0 Å².